The Kier molecular flexibility index (Phi) is 4.61. The highest BCUT2D eigenvalue weighted by molar-refractivity contribution is 9.10. The van der Waals surface area contributed by atoms with Gasteiger partial charge in [-0.1, -0.05) is 13.8 Å². The first-order valence-electron chi connectivity index (χ1n) is 6.56. The molecule has 1 fully saturated rings. The van der Waals surface area contributed by atoms with Gasteiger partial charge in [-0.3, -0.25) is 9.59 Å². The summed E-state index contributed by atoms with van der Waals surface area (Å²) in [5.74, 6) is -2.37. The largest absolute Gasteiger partial charge is 0.344 e. The van der Waals surface area contributed by atoms with E-state index in [0.29, 0.717) is 0 Å². The maximum Gasteiger partial charge on any atom is 0.249 e. The van der Waals surface area contributed by atoms with Crippen molar-refractivity contribution in [1.82, 2.24) is 5.32 Å². The number of nitrogens with zero attached hydrogens (tertiary/aromatic N) is 1. The average molecular weight is 361 g/mol. The zero-order valence-electron chi connectivity index (χ0n) is 11.6. The van der Waals surface area contributed by atoms with E-state index in [1.807, 2.05) is 0 Å². The number of hydrogen-bond donors (Lipinski definition) is 1. The van der Waals surface area contributed by atoms with E-state index < -0.39 is 23.6 Å². The Morgan fingerprint density at radius 3 is 2.57 bits per heavy atom. The fraction of sp³-hybridized carbons (Fsp3) is 0.429. The zero-order chi connectivity index (χ0) is 15.7. The molecule has 114 valence electrons. The predicted molar refractivity (Wildman–Crippen MR) is 77.8 cm³/mol. The number of carbonyl (C=O) groups is 2. The molecule has 1 aliphatic rings. The maximum atomic E-state index is 14.1. The van der Waals surface area contributed by atoms with E-state index >= 15 is 0 Å². The van der Waals surface area contributed by atoms with Gasteiger partial charge < -0.3 is 10.2 Å². The lowest BCUT2D eigenvalue weighted by Crippen LogP contribution is -2.48. The molecule has 2 rings (SSSR count). The van der Waals surface area contributed by atoms with Crippen molar-refractivity contribution in [2.24, 2.45) is 5.92 Å². The third-order valence-corrected chi connectivity index (χ3v) is 3.93. The number of carbonyl (C=O) groups excluding carboxylic acids is 2. The van der Waals surface area contributed by atoms with Crippen LogP contribution in [0, 0.1) is 17.6 Å². The van der Waals surface area contributed by atoms with Crippen molar-refractivity contribution in [2.75, 3.05) is 11.4 Å². The first-order valence-corrected chi connectivity index (χ1v) is 7.36. The zero-order valence-corrected chi connectivity index (χ0v) is 13.2. The Balaban J connectivity index is 2.47. The molecular weight excluding hydrogens is 346 g/mol. The molecule has 0 saturated carbocycles. The highest BCUT2D eigenvalue weighted by atomic mass is 79.9. The summed E-state index contributed by atoms with van der Waals surface area (Å²) < 4.78 is 27.4. The van der Waals surface area contributed by atoms with Crippen molar-refractivity contribution in [1.29, 1.82) is 0 Å². The summed E-state index contributed by atoms with van der Waals surface area (Å²) in [7, 11) is 0. The molecule has 1 atom stereocenters. The molecule has 4 nitrogen and oxygen atoms in total. The number of nitrogens with one attached hydrogen (secondary N) is 1. The minimum absolute atomic E-state index is 0.0384. The molecule has 0 bridgehead atoms. The number of rotatable bonds is 2. The Morgan fingerprint density at radius 2 is 2.00 bits per heavy atom. The van der Waals surface area contributed by atoms with Crippen molar-refractivity contribution in [3.05, 3.63) is 28.2 Å². The summed E-state index contributed by atoms with van der Waals surface area (Å²) in [6.45, 7) is 3.64. The summed E-state index contributed by atoms with van der Waals surface area (Å²) in [4.78, 5) is 25.4. The molecule has 0 aromatic heterocycles. The van der Waals surface area contributed by atoms with Crippen LogP contribution in [0.25, 0.3) is 0 Å². The van der Waals surface area contributed by atoms with Crippen LogP contribution in [0.2, 0.25) is 0 Å². The van der Waals surface area contributed by atoms with Gasteiger partial charge in [0.05, 0.1) is 5.69 Å². The molecule has 0 aliphatic carbocycles. The van der Waals surface area contributed by atoms with Gasteiger partial charge in [0, 0.05) is 23.5 Å². The molecule has 0 radical (unpaired) electrons. The predicted octanol–water partition coefficient (Wildman–Crippen LogP) is 2.60. The van der Waals surface area contributed by atoms with E-state index in [1.165, 1.54) is 4.90 Å². The minimum Gasteiger partial charge on any atom is -0.344 e. The molecule has 21 heavy (non-hydrogen) atoms. The number of benzene rings is 1. The van der Waals surface area contributed by atoms with Gasteiger partial charge in [0.2, 0.25) is 11.8 Å². The van der Waals surface area contributed by atoms with Gasteiger partial charge in [-0.05, 0) is 27.9 Å². The smallest absolute Gasteiger partial charge is 0.249 e. The van der Waals surface area contributed by atoms with E-state index in [4.69, 9.17) is 0 Å². The molecule has 1 unspecified atom stereocenters. The number of halogens is 3. The maximum absolute atomic E-state index is 14.1. The summed E-state index contributed by atoms with van der Waals surface area (Å²) in [6, 6.07) is 1.09. The molecule has 1 aromatic rings. The Labute approximate surface area is 129 Å². The van der Waals surface area contributed by atoms with Crippen LogP contribution in [-0.4, -0.2) is 24.4 Å². The fourth-order valence-corrected chi connectivity index (χ4v) is 2.89. The topological polar surface area (TPSA) is 49.4 Å². The molecule has 0 spiro atoms. The monoisotopic (exact) mass is 360 g/mol. The lowest BCUT2D eigenvalue weighted by atomic mass is 10.0. The highest BCUT2D eigenvalue weighted by Crippen LogP contribution is 2.32. The van der Waals surface area contributed by atoms with Crippen LogP contribution in [0.5, 0.6) is 0 Å². The van der Waals surface area contributed by atoms with Crippen LogP contribution < -0.4 is 10.2 Å². The van der Waals surface area contributed by atoms with E-state index in [2.05, 4.69) is 21.2 Å². The normalized spacial score (nSPS) is 19.7. The lowest BCUT2D eigenvalue weighted by Gasteiger charge is -2.27. The van der Waals surface area contributed by atoms with Crippen LogP contribution in [0.3, 0.4) is 0 Å². The highest BCUT2D eigenvalue weighted by Gasteiger charge is 2.34. The number of anilines is 1. The summed E-state index contributed by atoms with van der Waals surface area (Å²) in [6.07, 6.45) is 0.0677. The summed E-state index contributed by atoms with van der Waals surface area (Å²) >= 11 is 3.08. The molecule has 1 aliphatic heterocycles. The van der Waals surface area contributed by atoms with Crippen LogP contribution in [0.4, 0.5) is 14.5 Å². The third kappa shape index (κ3) is 3.23. The molecule has 1 saturated heterocycles. The molecular formula is C14H15BrF2N2O2. The number of amides is 2. The molecule has 1 heterocycles. The standard InChI is InChI=1S/C14H15BrF2N2O2/c1-7(2)12-14(21)19(4-3-11(20)18-12)13-9(15)5-8(16)6-10(13)17/h5-7,12H,3-4H2,1-2H3,(H,18,20). The van der Waals surface area contributed by atoms with Crippen molar-refractivity contribution in [3.63, 3.8) is 0 Å². The van der Waals surface area contributed by atoms with Crippen LogP contribution in [0.15, 0.2) is 16.6 Å². The molecule has 7 heteroatoms. The SMILES string of the molecule is CC(C)C1NC(=O)CCN(c2c(F)cc(F)cc2Br)C1=O. The van der Waals surface area contributed by atoms with Gasteiger partial charge in [-0.2, -0.15) is 0 Å². The average Bonchev–Trinajstić information content (AvgIpc) is 2.50. The van der Waals surface area contributed by atoms with Crippen molar-refractivity contribution in [2.45, 2.75) is 26.3 Å². The Bertz CT molecular complexity index is 569. The quantitative estimate of drug-likeness (QED) is 0.881. The van der Waals surface area contributed by atoms with Gasteiger partial charge in [-0.15, -0.1) is 0 Å². The Hall–Kier alpha value is -1.50. The van der Waals surface area contributed by atoms with Gasteiger partial charge in [0.25, 0.3) is 0 Å². The van der Waals surface area contributed by atoms with Crippen LogP contribution in [-0.2, 0) is 9.59 Å². The summed E-state index contributed by atoms with van der Waals surface area (Å²) in [5.41, 5.74) is -0.0384. The van der Waals surface area contributed by atoms with Gasteiger partial charge in [0.1, 0.15) is 11.9 Å². The van der Waals surface area contributed by atoms with Crippen molar-refractivity contribution >= 4 is 33.4 Å². The van der Waals surface area contributed by atoms with E-state index in [-0.39, 0.29) is 35.0 Å². The van der Waals surface area contributed by atoms with Crippen LogP contribution in [0.1, 0.15) is 20.3 Å². The fourth-order valence-electron chi connectivity index (χ4n) is 2.27. The molecule has 1 N–H and O–H groups in total. The molecule has 2 amide bonds. The summed E-state index contributed by atoms with van der Waals surface area (Å²) in [5, 5.41) is 2.64. The van der Waals surface area contributed by atoms with E-state index in [0.717, 1.165) is 12.1 Å². The first kappa shape index (κ1) is 15.9. The Morgan fingerprint density at radius 1 is 1.33 bits per heavy atom. The molecule has 1 aromatic carbocycles. The van der Waals surface area contributed by atoms with E-state index in [1.54, 1.807) is 13.8 Å². The second kappa shape index (κ2) is 6.09. The van der Waals surface area contributed by atoms with Crippen molar-refractivity contribution < 1.29 is 18.4 Å². The van der Waals surface area contributed by atoms with Gasteiger partial charge >= 0.3 is 0 Å². The van der Waals surface area contributed by atoms with Crippen LogP contribution >= 0.6 is 15.9 Å². The third-order valence-electron chi connectivity index (χ3n) is 3.33. The van der Waals surface area contributed by atoms with Gasteiger partial charge in [-0.25, -0.2) is 8.78 Å². The van der Waals surface area contributed by atoms with Crippen molar-refractivity contribution in [3.8, 4) is 0 Å². The minimum atomic E-state index is -0.841. The lowest BCUT2D eigenvalue weighted by molar-refractivity contribution is -0.126. The van der Waals surface area contributed by atoms with E-state index in [9.17, 15) is 18.4 Å². The number of hydrogen-bond acceptors (Lipinski definition) is 2. The van der Waals surface area contributed by atoms with Gasteiger partial charge in [0.15, 0.2) is 5.82 Å². The first-order chi connectivity index (χ1) is 9.81. The second-order valence-electron chi connectivity index (χ2n) is 5.25. The second-order valence-corrected chi connectivity index (χ2v) is 6.10.